The van der Waals surface area contributed by atoms with E-state index in [0.29, 0.717) is 10.0 Å². The van der Waals surface area contributed by atoms with Crippen LogP contribution in [0.5, 0.6) is 0 Å². The zero-order valence-electron chi connectivity index (χ0n) is 10.7. The van der Waals surface area contributed by atoms with Crippen molar-refractivity contribution >= 4 is 29.2 Å². The van der Waals surface area contributed by atoms with Crippen LogP contribution < -0.4 is 0 Å². The molecule has 100 valence electrons. The molecule has 0 radical (unpaired) electrons. The fraction of sp³-hybridized carbons (Fsp3) is 0.133. The Bertz CT molecular complexity index is 539. The van der Waals surface area contributed by atoms with E-state index in [2.05, 4.69) is 4.74 Å². The van der Waals surface area contributed by atoms with Crippen LogP contribution in [0.2, 0.25) is 10.0 Å². The van der Waals surface area contributed by atoms with Gasteiger partial charge in [0, 0.05) is 12.5 Å². The van der Waals surface area contributed by atoms with Crippen LogP contribution >= 0.6 is 23.2 Å². The van der Waals surface area contributed by atoms with Crippen LogP contribution in [0, 0.1) is 0 Å². The summed E-state index contributed by atoms with van der Waals surface area (Å²) in [5.74, 6) is -0.245. The number of halogens is 2. The third-order valence-electron chi connectivity index (χ3n) is 2.32. The van der Waals surface area contributed by atoms with Gasteiger partial charge in [-0.1, -0.05) is 65.7 Å². The minimum absolute atomic E-state index is 0.245. The molecule has 0 atom stereocenters. The zero-order chi connectivity index (χ0) is 14.3. The maximum atomic E-state index is 9.59. The summed E-state index contributed by atoms with van der Waals surface area (Å²) in [7, 11) is 1.35. The van der Waals surface area contributed by atoms with E-state index in [-0.39, 0.29) is 5.97 Å². The van der Waals surface area contributed by atoms with Crippen molar-refractivity contribution < 1.29 is 9.53 Å². The molecule has 4 heteroatoms. The van der Waals surface area contributed by atoms with E-state index in [9.17, 15) is 4.79 Å². The first-order valence-corrected chi connectivity index (χ1v) is 6.36. The number of ether oxygens (including phenoxy) is 1. The highest BCUT2D eigenvalue weighted by Gasteiger charge is 2.05. The SMILES string of the molecule is COC(C)=O.Clc1cccc(-c2ccccc2)c1Cl. The fourth-order valence-corrected chi connectivity index (χ4v) is 1.75. The average molecular weight is 297 g/mol. The average Bonchev–Trinajstić information content (AvgIpc) is 2.43. The smallest absolute Gasteiger partial charge is 0.302 e. The molecule has 2 aromatic rings. The molecule has 0 fully saturated rings. The van der Waals surface area contributed by atoms with Crippen molar-refractivity contribution in [3.8, 4) is 11.1 Å². The summed E-state index contributed by atoms with van der Waals surface area (Å²) in [6, 6.07) is 15.6. The van der Waals surface area contributed by atoms with Gasteiger partial charge in [-0.15, -0.1) is 0 Å². The first kappa shape index (κ1) is 15.5. The van der Waals surface area contributed by atoms with Crippen molar-refractivity contribution in [2.45, 2.75) is 6.92 Å². The van der Waals surface area contributed by atoms with Crippen LogP contribution in [0.15, 0.2) is 48.5 Å². The van der Waals surface area contributed by atoms with Gasteiger partial charge < -0.3 is 4.74 Å². The fourth-order valence-electron chi connectivity index (χ4n) is 1.34. The number of carbonyl (C=O) groups excluding carboxylic acids is 1. The van der Waals surface area contributed by atoms with Crippen LogP contribution in [0.25, 0.3) is 11.1 Å². The number of benzene rings is 2. The molecule has 0 N–H and O–H groups in total. The summed E-state index contributed by atoms with van der Waals surface area (Å²) in [5.41, 5.74) is 2.06. The third kappa shape index (κ3) is 4.93. The van der Waals surface area contributed by atoms with Gasteiger partial charge in [0.25, 0.3) is 0 Å². The van der Waals surface area contributed by atoms with Crippen LogP contribution in [0.1, 0.15) is 6.92 Å². The van der Waals surface area contributed by atoms with Gasteiger partial charge in [0.05, 0.1) is 17.2 Å². The molecule has 2 rings (SSSR count). The Morgan fingerprint density at radius 2 is 1.58 bits per heavy atom. The lowest BCUT2D eigenvalue weighted by Crippen LogP contribution is -1.88. The van der Waals surface area contributed by atoms with Gasteiger partial charge in [0.1, 0.15) is 0 Å². The first-order chi connectivity index (χ1) is 9.06. The number of hydrogen-bond acceptors (Lipinski definition) is 2. The van der Waals surface area contributed by atoms with Crippen molar-refractivity contribution in [1.82, 2.24) is 0 Å². The molecule has 0 bridgehead atoms. The summed E-state index contributed by atoms with van der Waals surface area (Å²) in [5, 5.41) is 1.20. The van der Waals surface area contributed by atoms with E-state index in [1.807, 2.05) is 42.5 Å². The molecule has 0 spiro atoms. The summed E-state index contributed by atoms with van der Waals surface area (Å²) in [6.45, 7) is 1.36. The van der Waals surface area contributed by atoms with Crippen molar-refractivity contribution in [3.63, 3.8) is 0 Å². The highest BCUT2D eigenvalue weighted by atomic mass is 35.5. The molecular weight excluding hydrogens is 283 g/mol. The Kier molecular flexibility index (Phi) is 6.40. The molecule has 2 nitrogen and oxygen atoms in total. The monoisotopic (exact) mass is 296 g/mol. The van der Waals surface area contributed by atoms with Crippen LogP contribution in [-0.2, 0) is 9.53 Å². The third-order valence-corrected chi connectivity index (χ3v) is 3.14. The quantitative estimate of drug-likeness (QED) is 0.704. The number of methoxy groups -OCH3 is 1. The molecule has 0 heterocycles. The van der Waals surface area contributed by atoms with Gasteiger partial charge in [-0.25, -0.2) is 0 Å². The minimum atomic E-state index is -0.245. The second-order valence-electron chi connectivity index (χ2n) is 3.66. The zero-order valence-corrected chi connectivity index (χ0v) is 12.2. The van der Waals surface area contributed by atoms with Crippen LogP contribution in [0.4, 0.5) is 0 Å². The van der Waals surface area contributed by atoms with Crippen molar-refractivity contribution in [3.05, 3.63) is 58.6 Å². The molecule has 0 aromatic heterocycles. The number of hydrogen-bond donors (Lipinski definition) is 0. The Balaban J connectivity index is 0.000000312. The van der Waals surface area contributed by atoms with Crippen molar-refractivity contribution in [2.75, 3.05) is 7.11 Å². The van der Waals surface area contributed by atoms with E-state index in [1.54, 1.807) is 6.07 Å². The molecule has 19 heavy (non-hydrogen) atoms. The summed E-state index contributed by atoms with van der Waals surface area (Å²) in [6.07, 6.45) is 0. The molecule has 0 aliphatic rings. The largest absolute Gasteiger partial charge is 0.469 e. The van der Waals surface area contributed by atoms with Gasteiger partial charge >= 0.3 is 5.97 Å². The minimum Gasteiger partial charge on any atom is -0.469 e. The van der Waals surface area contributed by atoms with E-state index >= 15 is 0 Å². The van der Waals surface area contributed by atoms with Crippen LogP contribution in [-0.4, -0.2) is 13.1 Å². The molecule has 0 aliphatic carbocycles. The lowest BCUT2D eigenvalue weighted by molar-refractivity contribution is -0.137. The summed E-state index contributed by atoms with van der Waals surface area (Å²) >= 11 is 12.0. The van der Waals surface area contributed by atoms with Gasteiger partial charge in [0.2, 0.25) is 0 Å². The Labute approximate surface area is 122 Å². The maximum Gasteiger partial charge on any atom is 0.302 e. The molecule has 0 saturated heterocycles. The van der Waals surface area contributed by atoms with Gasteiger partial charge in [0.15, 0.2) is 0 Å². The second-order valence-corrected chi connectivity index (χ2v) is 4.45. The van der Waals surface area contributed by atoms with E-state index in [4.69, 9.17) is 23.2 Å². The topological polar surface area (TPSA) is 26.3 Å². The highest BCUT2D eigenvalue weighted by molar-refractivity contribution is 6.43. The standard InChI is InChI=1S/C12H8Cl2.C3H6O2/c13-11-8-4-7-10(12(11)14)9-5-2-1-3-6-9;1-3(4)5-2/h1-8H;1-2H3. The Morgan fingerprint density at radius 1 is 1.00 bits per heavy atom. The number of esters is 1. The normalized spacial score (nSPS) is 9.26. The molecule has 0 aliphatic heterocycles. The number of rotatable bonds is 1. The first-order valence-electron chi connectivity index (χ1n) is 5.60. The van der Waals surface area contributed by atoms with Gasteiger partial charge in [-0.05, 0) is 11.6 Å². The van der Waals surface area contributed by atoms with Crippen LogP contribution in [0.3, 0.4) is 0 Å². The highest BCUT2D eigenvalue weighted by Crippen LogP contribution is 2.32. The van der Waals surface area contributed by atoms with E-state index in [1.165, 1.54) is 14.0 Å². The molecule has 0 saturated carbocycles. The van der Waals surface area contributed by atoms with E-state index in [0.717, 1.165) is 11.1 Å². The predicted molar refractivity (Wildman–Crippen MR) is 79.6 cm³/mol. The summed E-state index contributed by atoms with van der Waals surface area (Å²) in [4.78, 5) is 9.59. The Hall–Kier alpha value is -1.51. The molecule has 2 aromatic carbocycles. The molecular formula is C15H14Cl2O2. The van der Waals surface area contributed by atoms with Crippen molar-refractivity contribution in [1.29, 1.82) is 0 Å². The lowest BCUT2D eigenvalue weighted by Gasteiger charge is -2.04. The maximum absolute atomic E-state index is 9.59. The lowest BCUT2D eigenvalue weighted by atomic mass is 10.1. The van der Waals surface area contributed by atoms with Gasteiger partial charge in [-0.3, -0.25) is 4.79 Å². The van der Waals surface area contributed by atoms with E-state index < -0.39 is 0 Å². The Morgan fingerprint density at radius 3 is 2.11 bits per heavy atom. The number of carbonyl (C=O) groups is 1. The summed E-state index contributed by atoms with van der Waals surface area (Å²) < 4.78 is 4.11. The van der Waals surface area contributed by atoms with Gasteiger partial charge in [-0.2, -0.15) is 0 Å². The van der Waals surface area contributed by atoms with Crippen molar-refractivity contribution in [2.24, 2.45) is 0 Å². The molecule has 0 amide bonds. The second kappa shape index (κ2) is 7.82. The predicted octanol–water partition coefficient (Wildman–Crippen LogP) is 4.84. The molecule has 0 unspecified atom stereocenters.